The van der Waals surface area contributed by atoms with E-state index in [-0.39, 0.29) is 4.88 Å². The van der Waals surface area contributed by atoms with Gasteiger partial charge in [-0.15, -0.1) is 11.3 Å². The molecule has 0 aliphatic heterocycles. The second kappa shape index (κ2) is 7.22. The molecule has 0 bridgehead atoms. The van der Waals surface area contributed by atoms with Crippen LogP contribution in [0.5, 0.6) is 0 Å². The van der Waals surface area contributed by atoms with Gasteiger partial charge in [-0.2, -0.15) is 57.1 Å². The van der Waals surface area contributed by atoms with Crippen LogP contribution in [0.3, 0.4) is 0 Å². The highest BCUT2D eigenvalue weighted by molar-refractivity contribution is 7.10. The fourth-order valence-electron chi connectivity index (χ4n) is 1.90. The molecule has 164 valence electrons. The predicted molar refractivity (Wildman–Crippen MR) is 69.3 cm³/mol. The zero-order valence-corrected chi connectivity index (χ0v) is 13.8. The number of hydrogen-bond acceptors (Lipinski definition) is 2. The third kappa shape index (κ3) is 3.78. The van der Waals surface area contributed by atoms with Gasteiger partial charge >= 0.3 is 35.8 Å². The van der Waals surface area contributed by atoms with Crippen LogP contribution in [0.15, 0.2) is 17.5 Å². The third-order valence-corrected chi connectivity index (χ3v) is 4.58. The molecule has 0 aliphatic rings. The lowest BCUT2D eigenvalue weighted by Crippen LogP contribution is -2.70. The van der Waals surface area contributed by atoms with Crippen molar-refractivity contribution in [3.8, 4) is 0 Å². The molecule has 0 saturated heterocycles. The first-order chi connectivity index (χ1) is 12.2. The summed E-state index contributed by atoms with van der Waals surface area (Å²) in [7, 11) is 0. The van der Waals surface area contributed by atoms with E-state index < -0.39 is 54.7 Å². The summed E-state index contributed by atoms with van der Waals surface area (Å²) in [6, 6.07) is 2.40. The van der Waals surface area contributed by atoms with Crippen LogP contribution < -0.4 is 0 Å². The van der Waals surface area contributed by atoms with Gasteiger partial charge in [0.05, 0.1) is 6.10 Å². The van der Waals surface area contributed by atoms with E-state index in [4.69, 9.17) is 0 Å². The molecule has 1 aromatic heterocycles. The summed E-state index contributed by atoms with van der Waals surface area (Å²) < 4.78 is 168. The van der Waals surface area contributed by atoms with Crippen molar-refractivity contribution in [1.82, 2.24) is 0 Å². The molecule has 0 amide bonds. The van der Waals surface area contributed by atoms with Gasteiger partial charge in [0.1, 0.15) is 0 Å². The van der Waals surface area contributed by atoms with Gasteiger partial charge in [0, 0.05) is 11.3 Å². The van der Waals surface area contributed by atoms with Crippen LogP contribution in [0.2, 0.25) is 0 Å². The minimum atomic E-state index is -7.91. The Bertz CT molecular complexity index is 650. The number of alkyl halides is 13. The van der Waals surface area contributed by atoms with E-state index in [2.05, 4.69) is 0 Å². The van der Waals surface area contributed by atoms with E-state index in [1.54, 1.807) is 0 Å². The zero-order chi connectivity index (χ0) is 22.4. The molecule has 1 aromatic rings. The van der Waals surface area contributed by atoms with E-state index in [1.807, 2.05) is 0 Å². The van der Waals surface area contributed by atoms with Gasteiger partial charge in [-0.25, -0.2) is 0 Å². The summed E-state index contributed by atoms with van der Waals surface area (Å²) in [5, 5.41) is 10.8. The Morgan fingerprint density at radius 2 is 1.21 bits per heavy atom. The number of halogens is 13. The van der Waals surface area contributed by atoms with Crippen molar-refractivity contribution in [3.63, 3.8) is 0 Å². The van der Waals surface area contributed by atoms with Gasteiger partial charge in [-0.3, -0.25) is 0 Å². The molecular weight excluding hydrogens is 451 g/mol. The molecule has 1 rings (SSSR count). The maximum Gasteiger partial charge on any atom is 0.460 e. The van der Waals surface area contributed by atoms with Crippen molar-refractivity contribution in [2.45, 2.75) is 54.7 Å². The topological polar surface area (TPSA) is 20.2 Å². The summed E-state index contributed by atoms with van der Waals surface area (Å²) in [6.45, 7) is 0. The highest BCUT2D eigenvalue weighted by Gasteiger charge is 2.90. The first kappa shape index (κ1) is 24.8. The monoisotopic (exact) mass is 460 g/mol. The van der Waals surface area contributed by atoms with Crippen LogP contribution in [-0.2, 0) is 0 Å². The molecule has 0 aromatic carbocycles. The number of thiophene rings is 1. The fraction of sp³-hybridized carbons (Fsp3) is 0.692. The van der Waals surface area contributed by atoms with Crippen molar-refractivity contribution in [2.75, 3.05) is 0 Å². The van der Waals surface area contributed by atoms with E-state index in [1.165, 1.54) is 11.4 Å². The van der Waals surface area contributed by atoms with Crippen molar-refractivity contribution in [2.24, 2.45) is 0 Å². The van der Waals surface area contributed by atoms with E-state index in [0.29, 0.717) is 0 Å². The molecule has 1 atom stereocenters. The van der Waals surface area contributed by atoms with Gasteiger partial charge in [0.25, 0.3) is 0 Å². The maximum absolute atomic E-state index is 13.5. The highest BCUT2D eigenvalue weighted by atomic mass is 32.1. The standard InChI is InChI=1S/C13H9F13OS/c14-8(15,4-3-6(27)7-2-1-5-28-7)9(16,17)10(18,19)11(20,21)12(22,23)13(24,25)26/h1-2,5-6,27H,3-4H2. The Kier molecular flexibility index (Phi) is 6.39. The molecule has 1 nitrogen and oxygen atoms in total. The summed E-state index contributed by atoms with van der Waals surface area (Å²) in [5.74, 6) is -36.9. The van der Waals surface area contributed by atoms with E-state index in [9.17, 15) is 62.2 Å². The van der Waals surface area contributed by atoms with Crippen LogP contribution in [0, 0.1) is 0 Å². The molecule has 0 fully saturated rings. The number of hydrogen-bond donors (Lipinski definition) is 1. The van der Waals surface area contributed by atoms with Crippen molar-refractivity contribution >= 4 is 11.3 Å². The van der Waals surface area contributed by atoms with Crippen LogP contribution >= 0.6 is 11.3 Å². The lowest BCUT2D eigenvalue weighted by Gasteiger charge is -2.39. The van der Waals surface area contributed by atoms with Crippen molar-refractivity contribution < 1.29 is 62.2 Å². The molecule has 28 heavy (non-hydrogen) atoms. The number of rotatable bonds is 8. The van der Waals surface area contributed by atoms with Gasteiger partial charge < -0.3 is 5.11 Å². The largest absolute Gasteiger partial charge is 0.460 e. The summed E-state index contributed by atoms with van der Waals surface area (Å²) >= 11 is 0.730. The van der Waals surface area contributed by atoms with Gasteiger partial charge in [0.2, 0.25) is 0 Å². The smallest absolute Gasteiger partial charge is 0.388 e. The Morgan fingerprint density at radius 3 is 1.61 bits per heavy atom. The minimum absolute atomic E-state index is 0.0974. The molecule has 0 spiro atoms. The van der Waals surface area contributed by atoms with Gasteiger partial charge in [-0.1, -0.05) is 6.07 Å². The highest BCUT2D eigenvalue weighted by Crippen LogP contribution is 2.60. The summed E-state index contributed by atoms with van der Waals surface area (Å²) in [6.07, 6.45) is -13.2. The number of aliphatic hydroxyl groups excluding tert-OH is 1. The van der Waals surface area contributed by atoms with E-state index >= 15 is 0 Å². The van der Waals surface area contributed by atoms with Crippen LogP contribution in [-0.4, -0.2) is 40.9 Å². The molecule has 1 unspecified atom stereocenters. The van der Waals surface area contributed by atoms with E-state index in [0.717, 1.165) is 17.4 Å². The first-order valence-corrected chi connectivity index (χ1v) is 7.79. The summed E-state index contributed by atoms with van der Waals surface area (Å²) in [4.78, 5) is -0.0974. The lowest BCUT2D eigenvalue weighted by atomic mass is 9.91. The average Bonchev–Trinajstić information content (AvgIpc) is 3.05. The molecule has 0 aliphatic carbocycles. The second-order valence-corrected chi connectivity index (χ2v) is 6.55. The van der Waals surface area contributed by atoms with Crippen molar-refractivity contribution in [1.29, 1.82) is 0 Å². The normalized spacial score (nSPS) is 16.4. The fourth-order valence-corrected chi connectivity index (χ4v) is 2.65. The minimum Gasteiger partial charge on any atom is -0.388 e. The molecular formula is C13H9F13OS. The Labute approximate surface area is 151 Å². The SMILES string of the molecule is OC(CCC(F)(F)C(F)(F)C(F)(F)C(F)(F)C(F)(F)C(F)(F)F)c1cccs1. The Morgan fingerprint density at radius 1 is 0.750 bits per heavy atom. The predicted octanol–water partition coefficient (Wildman–Crippen LogP) is 6.30. The second-order valence-electron chi connectivity index (χ2n) is 5.57. The summed E-state index contributed by atoms with van der Waals surface area (Å²) in [5.41, 5.74) is 0. The molecule has 0 radical (unpaired) electrons. The third-order valence-electron chi connectivity index (χ3n) is 3.60. The molecule has 0 saturated carbocycles. The Balaban J connectivity index is 3.18. The number of aliphatic hydroxyl groups is 1. The maximum atomic E-state index is 13.5. The Hall–Kier alpha value is -1.25. The molecule has 1 N–H and O–H groups in total. The van der Waals surface area contributed by atoms with Gasteiger partial charge in [0.15, 0.2) is 0 Å². The average molecular weight is 460 g/mol. The van der Waals surface area contributed by atoms with Crippen molar-refractivity contribution in [3.05, 3.63) is 22.4 Å². The first-order valence-electron chi connectivity index (χ1n) is 6.91. The van der Waals surface area contributed by atoms with Crippen LogP contribution in [0.25, 0.3) is 0 Å². The lowest BCUT2D eigenvalue weighted by molar-refractivity contribution is -0.440. The zero-order valence-electron chi connectivity index (χ0n) is 13.0. The van der Waals surface area contributed by atoms with Crippen LogP contribution in [0.1, 0.15) is 23.8 Å². The molecule has 15 heteroatoms. The van der Waals surface area contributed by atoms with Crippen LogP contribution in [0.4, 0.5) is 57.1 Å². The quantitative estimate of drug-likeness (QED) is 0.452. The van der Waals surface area contributed by atoms with Gasteiger partial charge in [-0.05, 0) is 17.9 Å². The molecule has 1 heterocycles.